The molecule has 0 radical (unpaired) electrons. The summed E-state index contributed by atoms with van der Waals surface area (Å²) >= 11 is 0. The molecule has 6 heteroatoms. The smallest absolute Gasteiger partial charge is 0.261 e. The van der Waals surface area contributed by atoms with E-state index in [1.54, 1.807) is 11.0 Å². The van der Waals surface area contributed by atoms with Crippen molar-refractivity contribution in [3.63, 3.8) is 0 Å². The Morgan fingerprint density at radius 1 is 1.21 bits per heavy atom. The van der Waals surface area contributed by atoms with Crippen LogP contribution in [-0.2, 0) is 17.6 Å². The third-order valence-electron chi connectivity index (χ3n) is 4.97. The summed E-state index contributed by atoms with van der Waals surface area (Å²) < 4.78 is 0. The number of rotatable bonds is 2. The van der Waals surface area contributed by atoms with Gasteiger partial charge in [0.2, 0.25) is 5.91 Å². The molecule has 1 fully saturated rings. The van der Waals surface area contributed by atoms with Gasteiger partial charge in [-0.3, -0.25) is 14.4 Å². The fourth-order valence-corrected chi connectivity index (χ4v) is 3.74. The number of fused-ring (bicyclic) bond motifs is 1. The van der Waals surface area contributed by atoms with Crippen molar-refractivity contribution in [1.82, 2.24) is 15.2 Å². The van der Waals surface area contributed by atoms with E-state index in [1.165, 1.54) is 0 Å². The van der Waals surface area contributed by atoms with E-state index >= 15 is 0 Å². The first-order valence-electron chi connectivity index (χ1n) is 8.83. The zero-order valence-electron chi connectivity index (χ0n) is 14.4. The normalized spacial score (nSPS) is 21.2. The van der Waals surface area contributed by atoms with Crippen LogP contribution in [0.3, 0.4) is 0 Å². The summed E-state index contributed by atoms with van der Waals surface area (Å²) in [5.41, 5.74) is 1.86. The third-order valence-corrected chi connectivity index (χ3v) is 4.97. The lowest BCUT2D eigenvalue weighted by Crippen LogP contribution is -2.59. The Bertz CT molecular complexity index is 708. The standard InChI is InChI=1S/C18H25N3O3/c1-11(2)15-17(23)19-8-9-21(15)18(24)13-10-12-6-4-3-5-7-14(12)20-16(13)22/h10-11,15H,3-9H2,1-2H3,(H,19,23)(H,20,22)/t15-/m1/s1. The Labute approximate surface area is 141 Å². The van der Waals surface area contributed by atoms with E-state index in [-0.39, 0.29) is 28.9 Å². The maximum Gasteiger partial charge on any atom is 0.261 e. The molecule has 1 aromatic heterocycles. The summed E-state index contributed by atoms with van der Waals surface area (Å²) in [6, 6.07) is 1.23. The van der Waals surface area contributed by atoms with Gasteiger partial charge in [0.1, 0.15) is 11.6 Å². The van der Waals surface area contributed by atoms with E-state index < -0.39 is 6.04 Å². The number of hydrogen-bond acceptors (Lipinski definition) is 3. The highest BCUT2D eigenvalue weighted by atomic mass is 16.2. The lowest BCUT2D eigenvalue weighted by molar-refractivity contribution is -0.129. The first-order chi connectivity index (χ1) is 11.5. The number of aromatic amines is 1. The number of H-pyrrole nitrogens is 1. The molecule has 3 rings (SSSR count). The van der Waals surface area contributed by atoms with Crippen molar-refractivity contribution in [3.05, 3.63) is 33.2 Å². The molecule has 24 heavy (non-hydrogen) atoms. The van der Waals surface area contributed by atoms with Crippen molar-refractivity contribution in [2.45, 2.75) is 52.0 Å². The second-order valence-electron chi connectivity index (χ2n) is 7.06. The van der Waals surface area contributed by atoms with Gasteiger partial charge in [0.15, 0.2) is 0 Å². The van der Waals surface area contributed by atoms with Gasteiger partial charge >= 0.3 is 0 Å². The predicted octanol–water partition coefficient (Wildman–Crippen LogP) is 1.24. The first kappa shape index (κ1) is 16.7. The Kier molecular flexibility index (Phi) is 4.73. The number of pyridine rings is 1. The number of amides is 2. The van der Waals surface area contributed by atoms with Gasteiger partial charge in [0.05, 0.1) is 0 Å². The van der Waals surface area contributed by atoms with Crippen LogP contribution in [0.4, 0.5) is 0 Å². The molecule has 1 saturated heterocycles. The first-order valence-corrected chi connectivity index (χ1v) is 8.83. The zero-order chi connectivity index (χ0) is 17.3. The van der Waals surface area contributed by atoms with Crippen molar-refractivity contribution >= 4 is 11.8 Å². The summed E-state index contributed by atoms with van der Waals surface area (Å²) in [5.74, 6) is -0.484. The van der Waals surface area contributed by atoms with Crippen LogP contribution in [0.15, 0.2) is 10.9 Å². The minimum absolute atomic E-state index is 0.00541. The molecule has 0 spiro atoms. The SMILES string of the molecule is CC(C)[C@@H]1C(=O)NCCN1C(=O)c1cc2c([nH]c1=O)CCCCC2. The van der Waals surface area contributed by atoms with Gasteiger partial charge in [-0.05, 0) is 43.2 Å². The Morgan fingerprint density at radius 3 is 2.71 bits per heavy atom. The summed E-state index contributed by atoms with van der Waals surface area (Å²) in [7, 11) is 0. The molecule has 2 N–H and O–H groups in total. The van der Waals surface area contributed by atoms with E-state index in [0.717, 1.165) is 43.4 Å². The lowest BCUT2D eigenvalue weighted by atomic mass is 9.98. The van der Waals surface area contributed by atoms with Crippen molar-refractivity contribution < 1.29 is 9.59 Å². The van der Waals surface area contributed by atoms with E-state index in [0.29, 0.717) is 13.1 Å². The van der Waals surface area contributed by atoms with Crippen LogP contribution in [0.1, 0.15) is 54.7 Å². The van der Waals surface area contributed by atoms with Crippen molar-refractivity contribution in [1.29, 1.82) is 0 Å². The van der Waals surface area contributed by atoms with Gasteiger partial charge in [-0.15, -0.1) is 0 Å². The number of carbonyl (C=O) groups is 2. The van der Waals surface area contributed by atoms with Gasteiger partial charge < -0.3 is 15.2 Å². The lowest BCUT2D eigenvalue weighted by Gasteiger charge is -2.37. The van der Waals surface area contributed by atoms with E-state index in [9.17, 15) is 14.4 Å². The molecule has 6 nitrogen and oxygen atoms in total. The minimum Gasteiger partial charge on any atom is -0.353 e. The van der Waals surface area contributed by atoms with Crippen LogP contribution < -0.4 is 10.9 Å². The quantitative estimate of drug-likeness (QED) is 0.800. The molecular weight excluding hydrogens is 306 g/mol. The largest absolute Gasteiger partial charge is 0.353 e. The van der Waals surface area contributed by atoms with Crippen molar-refractivity contribution in [2.24, 2.45) is 5.92 Å². The van der Waals surface area contributed by atoms with Crippen LogP contribution in [0, 0.1) is 5.92 Å². The zero-order valence-corrected chi connectivity index (χ0v) is 14.4. The number of hydrogen-bond donors (Lipinski definition) is 2. The number of piperazine rings is 1. The summed E-state index contributed by atoms with van der Waals surface area (Å²) in [4.78, 5) is 42.0. The average molecular weight is 331 g/mol. The molecule has 2 amide bonds. The van der Waals surface area contributed by atoms with Crippen LogP contribution in [-0.4, -0.2) is 40.8 Å². The molecule has 0 bridgehead atoms. The van der Waals surface area contributed by atoms with Gasteiger partial charge in [0, 0.05) is 18.8 Å². The fourth-order valence-electron chi connectivity index (χ4n) is 3.74. The second-order valence-corrected chi connectivity index (χ2v) is 7.06. The van der Waals surface area contributed by atoms with Gasteiger partial charge in [0.25, 0.3) is 11.5 Å². The fraction of sp³-hybridized carbons (Fsp3) is 0.611. The highest BCUT2D eigenvalue weighted by Gasteiger charge is 2.36. The molecule has 1 atom stereocenters. The Morgan fingerprint density at radius 2 is 1.96 bits per heavy atom. The Hall–Kier alpha value is -2.11. The highest BCUT2D eigenvalue weighted by molar-refractivity contribution is 5.98. The summed E-state index contributed by atoms with van der Waals surface area (Å²) in [6.07, 6.45) is 5.04. The number of carbonyl (C=O) groups excluding carboxylic acids is 2. The maximum atomic E-state index is 13.0. The molecule has 0 unspecified atom stereocenters. The van der Waals surface area contributed by atoms with Crippen LogP contribution in [0.25, 0.3) is 0 Å². The molecular formula is C18H25N3O3. The third kappa shape index (κ3) is 3.09. The molecule has 1 aliphatic heterocycles. The van der Waals surface area contributed by atoms with E-state index in [2.05, 4.69) is 10.3 Å². The molecule has 1 aromatic rings. The van der Waals surface area contributed by atoms with E-state index in [4.69, 9.17) is 0 Å². The molecule has 1 aliphatic carbocycles. The molecule has 2 heterocycles. The number of nitrogens with one attached hydrogen (secondary N) is 2. The van der Waals surface area contributed by atoms with E-state index in [1.807, 2.05) is 13.8 Å². The molecule has 0 aromatic carbocycles. The summed E-state index contributed by atoms with van der Waals surface area (Å²) in [5, 5.41) is 2.80. The number of aromatic nitrogens is 1. The van der Waals surface area contributed by atoms with Crippen molar-refractivity contribution in [2.75, 3.05) is 13.1 Å². The number of nitrogens with zero attached hydrogens (tertiary/aromatic N) is 1. The summed E-state index contributed by atoms with van der Waals surface area (Å²) in [6.45, 7) is 4.69. The topological polar surface area (TPSA) is 82.3 Å². The van der Waals surface area contributed by atoms with Gasteiger partial charge in [-0.25, -0.2) is 0 Å². The highest BCUT2D eigenvalue weighted by Crippen LogP contribution is 2.21. The molecule has 2 aliphatic rings. The van der Waals surface area contributed by atoms with Crippen molar-refractivity contribution in [3.8, 4) is 0 Å². The monoisotopic (exact) mass is 331 g/mol. The van der Waals surface area contributed by atoms with Crippen LogP contribution >= 0.6 is 0 Å². The molecule has 130 valence electrons. The predicted molar refractivity (Wildman–Crippen MR) is 91.0 cm³/mol. The number of aryl methyl sites for hydroxylation is 2. The second kappa shape index (κ2) is 6.79. The van der Waals surface area contributed by atoms with Gasteiger partial charge in [-0.1, -0.05) is 20.3 Å². The minimum atomic E-state index is -0.524. The van der Waals surface area contributed by atoms with Gasteiger partial charge in [-0.2, -0.15) is 0 Å². The Balaban J connectivity index is 1.96. The maximum absolute atomic E-state index is 13.0. The average Bonchev–Trinajstić information content (AvgIpc) is 2.77. The van der Waals surface area contributed by atoms with Crippen LogP contribution in [0.2, 0.25) is 0 Å². The molecule has 0 saturated carbocycles. The van der Waals surface area contributed by atoms with Crippen LogP contribution in [0.5, 0.6) is 0 Å².